The molecule has 1 amide bonds. The predicted octanol–water partition coefficient (Wildman–Crippen LogP) is 3.82. The molecule has 6 nitrogen and oxygen atoms in total. The molecule has 0 atom stereocenters. The van der Waals surface area contributed by atoms with Crippen LogP contribution in [0.2, 0.25) is 0 Å². The van der Waals surface area contributed by atoms with E-state index in [0.29, 0.717) is 24.8 Å². The molecule has 6 heteroatoms. The van der Waals surface area contributed by atoms with Gasteiger partial charge >= 0.3 is 0 Å². The molecule has 3 aromatic rings. The van der Waals surface area contributed by atoms with Gasteiger partial charge in [-0.1, -0.05) is 35.5 Å². The molecule has 1 saturated carbocycles. The molecule has 2 aromatic carbocycles. The van der Waals surface area contributed by atoms with E-state index in [4.69, 9.17) is 4.74 Å². The number of hydrogen-bond donors (Lipinski definition) is 0. The topological polar surface area (TPSA) is 60.2 Å². The summed E-state index contributed by atoms with van der Waals surface area (Å²) in [6.07, 6.45) is 2.15. The Morgan fingerprint density at radius 1 is 1.14 bits per heavy atom. The summed E-state index contributed by atoms with van der Waals surface area (Å²) >= 11 is 0. The van der Waals surface area contributed by atoms with Crippen molar-refractivity contribution in [2.24, 2.45) is 0 Å². The summed E-state index contributed by atoms with van der Waals surface area (Å²) in [7, 11) is 1.80. The van der Waals surface area contributed by atoms with Gasteiger partial charge in [0, 0.05) is 19.5 Å². The summed E-state index contributed by atoms with van der Waals surface area (Å²) in [5, 5.41) is 8.55. The van der Waals surface area contributed by atoms with Gasteiger partial charge in [0.2, 0.25) is 0 Å². The first kappa shape index (κ1) is 18.2. The van der Waals surface area contributed by atoms with Crippen LogP contribution < -0.4 is 4.74 Å². The first-order valence-corrected chi connectivity index (χ1v) is 9.65. The molecule has 0 N–H and O–H groups in total. The molecule has 0 radical (unpaired) electrons. The Balaban J connectivity index is 1.55. The first-order chi connectivity index (χ1) is 13.7. The highest BCUT2D eigenvalue weighted by molar-refractivity contribution is 5.93. The number of amides is 1. The normalized spacial score (nSPS) is 13.4. The van der Waals surface area contributed by atoms with E-state index in [9.17, 15) is 4.79 Å². The van der Waals surface area contributed by atoms with Crippen molar-refractivity contribution in [2.45, 2.75) is 32.2 Å². The summed E-state index contributed by atoms with van der Waals surface area (Å²) < 4.78 is 7.29. The number of benzene rings is 2. The van der Waals surface area contributed by atoms with E-state index in [2.05, 4.69) is 10.3 Å². The molecule has 1 fully saturated rings. The van der Waals surface area contributed by atoms with Gasteiger partial charge in [0.05, 0.1) is 18.0 Å². The Morgan fingerprint density at radius 2 is 1.86 bits per heavy atom. The molecule has 144 valence electrons. The van der Waals surface area contributed by atoms with Crippen molar-refractivity contribution in [1.82, 2.24) is 19.9 Å². The number of carbonyl (C=O) groups is 1. The number of para-hydroxylation sites is 1. The van der Waals surface area contributed by atoms with Crippen LogP contribution in [-0.2, 0) is 6.54 Å². The number of ether oxygens (including phenoxy) is 1. The number of aromatic nitrogens is 3. The molecule has 28 heavy (non-hydrogen) atoms. The zero-order valence-corrected chi connectivity index (χ0v) is 16.2. The van der Waals surface area contributed by atoms with Gasteiger partial charge in [-0.25, -0.2) is 4.68 Å². The van der Waals surface area contributed by atoms with Crippen LogP contribution in [0, 0.1) is 0 Å². The van der Waals surface area contributed by atoms with E-state index >= 15 is 0 Å². The van der Waals surface area contributed by atoms with Crippen molar-refractivity contribution in [3.05, 3.63) is 71.5 Å². The first-order valence-electron chi connectivity index (χ1n) is 9.65. The van der Waals surface area contributed by atoms with E-state index in [1.807, 2.05) is 66.2 Å². The van der Waals surface area contributed by atoms with Crippen molar-refractivity contribution in [1.29, 1.82) is 0 Å². The third kappa shape index (κ3) is 3.76. The summed E-state index contributed by atoms with van der Waals surface area (Å²) in [5.41, 5.74) is 3.36. The third-order valence-corrected chi connectivity index (χ3v) is 4.87. The quantitative estimate of drug-likeness (QED) is 0.629. The number of rotatable bonds is 7. The zero-order chi connectivity index (χ0) is 19.5. The Morgan fingerprint density at radius 3 is 2.50 bits per heavy atom. The lowest BCUT2D eigenvalue weighted by molar-refractivity contribution is 0.0778. The van der Waals surface area contributed by atoms with Crippen LogP contribution in [0.15, 0.2) is 54.6 Å². The van der Waals surface area contributed by atoms with Crippen LogP contribution in [0.1, 0.15) is 47.4 Å². The summed E-state index contributed by atoms with van der Waals surface area (Å²) in [4.78, 5) is 14.8. The van der Waals surface area contributed by atoms with Gasteiger partial charge in [0.15, 0.2) is 5.69 Å². The van der Waals surface area contributed by atoms with E-state index < -0.39 is 0 Å². The summed E-state index contributed by atoms with van der Waals surface area (Å²) in [6.45, 7) is 3.10. The van der Waals surface area contributed by atoms with Crippen molar-refractivity contribution in [3.8, 4) is 11.4 Å². The number of carbonyl (C=O) groups excluding carboxylic acids is 1. The van der Waals surface area contributed by atoms with Crippen LogP contribution in [0.25, 0.3) is 5.69 Å². The molecule has 1 heterocycles. The van der Waals surface area contributed by atoms with Gasteiger partial charge < -0.3 is 9.64 Å². The lowest BCUT2D eigenvalue weighted by atomic mass is 10.1. The Labute approximate surface area is 164 Å². The second kappa shape index (κ2) is 7.84. The minimum absolute atomic E-state index is 0.0991. The zero-order valence-electron chi connectivity index (χ0n) is 16.2. The molecule has 4 rings (SSSR count). The fourth-order valence-electron chi connectivity index (χ4n) is 3.31. The maximum absolute atomic E-state index is 13.1. The van der Waals surface area contributed by atoms with Crippen molar-refractivity contribution in [2.75, 3.05) is 13.7 Å². The fourth-order valence-corrected chi connectivity index (χ4v) is 3.31. The molecule has 1 aliphatic carbocycles. The second-order valence-electron chi connectivity index (χ2n) is 7.08. The lowest BCUT2D eigenvalue weighted by Crippen LogP contribution is -2.27. The van der Waals surface area contributed by atoms with E-state index in [-0.39, 0.29) is 5.91 Å². The summed E-state index contributed by atoms with van der Waals surface area (Å²) in [5.74, 6) is 1.09. The Bertz CT molecular complexity index is 946. The van der Waals surface area contributed by atoms with Crippen molar-refractivity contribution < 1.29 is 9.53 Å². The van der Waals surface area contributed by atoms with Crippen LogP contribution in [0.5, 0.6) is 5.75 Å². The maximum Gasteiger partial charge on any atom is 0.276 e. The van der Waals surface area contributed by atoms with E-state index in [1.165, 1.54) is 0 Å². The van der Waals surface area contributed by atoms with E-state index in [0.717, 1.165) is 35.5 Å². The Kier molecular flexibility index (Phi) is 5.10. The van der Waals surface area contributed by atoms with Crippen LogP contribution in [0.3, 0.4) is 0 Å². The average Bonchev–Trinajstić information content (AvgIpc) is 3.47. The molecular formula is C22H24N4O2. The van der Waals surface area contributed by atoms with Gasteiger partial charge in [-0.05, 0) is 49.6 Å². The fraction of sp³-hybridized carbons (Fsp3) is 0.318. The minimum atomic E-state index is -0.0991. The second-order valence-corrected chi connectivity index (χ2v) is 7.08. The van der Waals surface area contributed by atoms with Gasteiger partial charge in [0.1, 0.15) is 5.75 Å². The number of nitrogens with zero attached hydrogens (tertiary/aromatic N) is 4. The predicted molar refractivity (Wildman–Crippen MR) is 107 cm³/mol. The van der Waals surface area contributed by atoms with Gasteiger partial charge in [-0.15, -0.1) is 5.10 Å². The monoisotopic (exact) mass is 376 g/mol. The molecule has 1 aromatic heterocycles. The standard InChI is InChI=1S/C22H24N4O2/c1-3-28-19-13-9-16(10-14-19)15-25(2)22(27)20-21(17-11-12-17)26(24-23-20)18-7-5-4-6-8-18/h4-10,13-14,17H,3,11-12,15H2,1-2H3. The smallest absolute Gasteiger partial charge is 0.276 e. The molecule has 0 saturated heterocycles. The van der Waals surface area contributed by atoms with Crippen molar-refractivity contribution >= 4 is 5.91 Å². The average molecular weight is 376 g/mol. The van der Waals surface area contributed by atoms with Gasteiger partial charge in [-0.3, -0.25) is 4.79 Å². The van der Waals surface area contributed by atoms with Crippen LogP contribution in [-0.4, -0.2) is 39.5 Å². The van der Waals surface area contributed by atoms with Crippen LogP contribution in [0.4, 0.5) is 0 Å². The SMILES string of the molecule is CCOc1ccc(CN(C)C(=O)c2nnn(-c3ccccc3)c2C2CC2)cc1. The molecule has 1 aliphatic rings. The Hall–Kier alpha value is -3.15. The van der Waals surface area contributed by atoms with Gasteiger partial charge in [0.25, 0.3) is 5.91 Å². The highest BCUT2D eigenvalue weighted by Crippen LogP contribution is 2.42. The third-order valence-electron chi connectivity index (χ3n) is 4.87. The maximum atomic E-state index is 13.1. The summed E-state index contributed by atoms with van der Waals surface area (Å²) in [6, 6.07) is 17.7. The highest BCUT2D eigenvalue weighted by Gasteiger charge is 2.35. The van der Waals surface area contributed by atoms with Crippen molar-refractivity contribution in [3.63, 3.8) is 0 Å². The largest absolute Gasteiger partial charge is 0.494 e. The molecule has 0 bridgehead atoms. The highest BCUT2D eigenvalue weighted by atomic mass is 16.5. The minimum Gasteiger partial charge on any atom is -0.494 e. The molecule has 0 unspecified atom stereocenters. The molecular weight excluding hydrogens is 352 g/mol. The van der Waals surface area contributed by atoms with Gasteiger partial charge in [-0.2, -0.15) is 0 Å². The van der Waals surface area contributed by atoms with Crippen LogP contribution >= 0.6 is 0 Å². The van der Waals surface area contributed by atoms with E-state index in [1.54, 1.807) is 11.9 Å². The lowest BCUT2D eigenvalue weighted by Gasteiger charge is -2.17. The molecule has 0 aliphatic heterocycles. The number of hydrogen-bond acceptors (Lipinski definition) is 4. The molecule has 0 spiro atoms.